The van der Waals surface area contributed by atoms with Crippen LogP contribution in [0.1, 0.15) is 35.5 Å². The summed E-state index contributed by atoms with van der Waals surface area (Å²) in [4.78, 5) is 3.82. The number of fused-ring (bicyclic) bond motifs is 1. The molecule has 0 fully saturated rings. The Kier molecular flexibility index (Phi) is 5.39. The van der Waals surface area contributed by atoms with E-state index in [9.17, 15) is 8.42 Å². The van der Waals surface area contributed by atoms with Gasteiger partial charge in [0.25, 0.3) is 0 Å². The summed E-state index contributed by atoms with van der Waals surface area (Å²) in [6.07, 6.45) is 2.58. The SMILES string of the molecule is CCS(=O)(=O)NCCC1CN(Cc2sccc2C)Cc2ccnn21. The Bertz CT molecular complexity index is 782. The fraction of sp³-hybridized carbons (Fsp3) is 0.562. The molecule has 3 rings (SSSR count). The highest BCUT2D eigenvalue weighted by Gasteiger charge is 2.26. The third-order valence-electron chi connectivity index (χ3n) is 4.47. The molecule has 0 aromatic carbocycles. The van der Waals surface area contributed by atoms with Gasteiger partial charge < -0.3 is 0 Å². The van der Waals surface area contributed by atoms with Gasteiger partial charge in [-0.3, -0.25) is 9.58 Å². The Morgan fingerprint density at radius 1 is 1.42 bits per heavy atom. The lowest BCUT2D eigenvalue weighted by molar-refractivity contribution is 0.163. The summed E-state index contributed by atoms with van der Waals surface area (Å²) < 4.78 is 27.9. The second-order valence-electron chi connectivity index (χ2n) is 6.20. The molecule has 1 atom stereocenters. The van der Waals surface area contributed by atoms with Gasteiger partial charge in [-0.05, 0) is 43.3 Å². The van der Waals surface area contributed by atoms with E-state index in [1.54, 1.807) is 18.3 Å². The fourth-order valence-corrected chi connectivity index (χ4v) is 4.63. The molecule has 0 bridgehead atoms. The smallest absolute Gasteiger partial charge is 0.211 e. The van der Waals surface area contributed by atoms with E-state index < -0.39 is 10.0 Å². The molecule has 8 heteroatoms. The Morgan fingerprint density at radius 2 is 2.25 bits per heavy atom. The molecule has 0 saturated heterocycles. The minimum Gasteiger partial charge on any atom is -0.290 e. The molecular weight excluding hydrogens is 344 g/mol. The van der Waals surface area contributed by atoms with Crippen molar-refractivity contribution in [3.05, 3.63) is 39.8 Å². The van der Waals surface area contributed by atoms with E-state index in [1.165, 1.54) is 16.1 Å². The molecule has 1 aliphatic rings. The molecule has 6 nitrogen and oxygen atoms in total. The molecule has 0 amide bonds. The first-order valence-corrected chi connectivity index (χ1v) is 10.8. The molecule has 2 aromatic heterocycles. The number of thiophene rings is 1. The van der Waals surface area contributed by atoms with Gasteiger partial charge in [0, 0.05) is 37.3 Å². The highest BCUT2D eigenvalue weighted by atomic mass is 32.2. The summed E-state index contributed by atoms with van der Waals surface area (Å²) in [7, 11) is -3.14. The van der Waals surface area contributed by atoms with Gasteiger partial charge in [0.1, 0.15) is 0 Å². The van der Waals surface area contributed by atoms with Crippen LogP contribution < -0.4 is 4.72 Å². The van der Waals surface area contributed by atoms with E-state index in [4.69, 9.17) is 0 Å². The van der Waals surface area contributed by atoms with Crippen molar-refractivity contribution in [3.63, 3.8) is 0 Å². The van der Waals surface area contributed by atoms with Crippen LogP contribution in [-0.4, -0.2) is 41.9 Å². The minimum absolute atomic E-state index is 0.120. The second-order valence-corrected chi connectivity index (χ2v) is 9.30. The zero-order chi connectivity index (χ0) is 17.2. The van der Waals surface area contributed by atoms with Crippen LogP contribution in [-0.2, 0) is 23.1 Å². The van der Waals surface area contributed by atoms with Crippen molar-refractivity contribution < 1.29 is 8.42 Å². The average Bonchev–Trinajstić information content (AvgIpc) is 3.17. The third kappa shape index (κ3) is 4.05. The first-order valence-electron chi connectivity index (χ1n) is 8.23. The van der Waals surface area contributed by atoms with Gasteiger partial charge in [-0.25, -0.2) is 13.1 Å². The largest absolute Gasteiger partial charge is 0.290 e. The van der Waals surface area contributed by atoms with Gasteiger partial charge in [-0.15, -0.1) is 11.3 Å². The van der Waals surface area contributed by atoms with Crippen LogP contribution in [0.2, 0.25) is 0 Å². The zero-order valence-electron chi connectivity index (χ0n) is 14.1. The Morgan fingerprint density at radius 3 is 2.96 bits per heavy atom. The monoisotopic (exact) mass is 368 g/mol. The zero-order valence-corrected chi connectivity index (χ0v) is 15.7. The number of rotatable bonds is 7. The van der Waals surface area contributed by atoms with E-state index >= 15 is 0 Å². The lowest BCUT2D eigenvalue weighted by Gasteiger charge is -2.34. The topological polar surface area (TPSA) is 67.2 Å². The molecular formula is C16H24N4O2S2. The predicted octanol–water partition coefficient (Wildman–Crippen LogP) is 2.14. The molecule has 0 radical (unpaired) electrons. The maximum atomic E-state index is 11.6. The summed E-state index contributed by atoms with van der Waals surface area (Å²) in [5.41, 5.74) is 2.53. The second kappa shape index (κ2) is 7.35. The van der Waals surface area contributed by atoms with E-state index in [0.29, 0.717) is 6.54 Å². The number of sulfonamides is 1. The summed E-state index contributed by atoms with van der Waals surface area (Å²) in [6.45, 7) is 6.96. The first kappa shape index (κ1) is 17.6. The van der Waals surface area contributed by atoms with Crippen molar-refractivity contribution >= 4 is 21.4 Å². The molecule has 2 aromatic rings. The van der Waals surface area contributed by atoms with Crippen LogP contribution in [0.3, 0.4) is 0 Å². The highest BCUT2D eigenvalue weighted by molar-refractivity contribution is 7.89. The van der Waals surface area contributed by atoms with Crippen molar-refractivity contribution in [2.24, 2.45) is 0 Å². The third-order valence-corrected chi connectivity index (χ3v) is 6.88. The van der Waals surface area contributed by atoms with Crippen LogP contribution in [0.25, 0.3) is 0 Å². The van der Waals surface area contributed by atoms with Gasteiger partial charge >= 0.3 is 0 Å². The molecule has 0 saturated carbocycles. The normalized spacial score (nSPS) is 18.7. The van der Waals surface area contributed by atoms with Crippen molar-refractivity contribution in [1.29, 1.82) is 0 Å². The number of aryl methyl sites for hydroxylation is 1. The maximum absolute atomic E-state index is 11.6. The standard InChI is InChI=1S/C16H24N4O2S2/c1-3-24(21,22)18-8-5-15-11-19(10-14-4-7-17-20(14)15)12-16-13(2)6-9-23-16/h4,6-7,9,15,18H,3,5,8,10-12H2,1-2H3. The minimum atomic E-state index is -3.14. The summed E-state index contributed by atoms with van der Waals surface area (Å²) in [5, 5.41) is 6.57. The summed E-state index contributed by atoms with van der Waals surface area (Å²) in [6, 6.07) is 4.41. The van der Waals surface area contributed by atoms with Gasteiger partial charge in [0.15, 0.2) is 0 Å². The van der Waals surface area contributed by atoms with Crippen LogP contribution in [0.4, 0.5) is 0 Å². The van der Waals surface area contributed by atoms with Gasteiger partial charge in [-0.2, -0.15) is 5.10 Å². The molecule has 1 N–H and O–H groups in total. The van der Waals surface area contributed by atoms with Crippen molar-refractivity contribution in [2.45, 2.75) is 39.4 Å². The Labute approximate surface area is 147 Å². The Hall–Kier alpha value is -1.22. The summed E-state index contributed by atoms with van der Waals surface area (Å²) >= 11 is 1.80. The fourth-order valence-electron chi connectivity index (χ4n) is 3.05. The van der Waals surface area contributed by atoms with Gasteiger partial charge in [-0.1, -0.05) is 0 Å². The molecule has 3 heterocycles. The van der Waals surface area contributed by atoms with E-state index in [0.717, 1.165) is 26.1 Å². The quantitative estimate of drug-likeness (QED) is 0.813. The number of nitrogens with one attached hydrogen (secondary N) is 1. The van der Waals surface area contributed by atoms with E-state index in [1.807, 2.05) is 6.20 Å². The molecule has 0 spiro atoms. The van der Waals surface area contributed by atoms with Crippen LogP contribution in [0.15, 0.2) is 23.7 Å². The predicted molar refractivity (Wildman–Crippen MR) is 96.5 cm³/mol. The van der Waals surface area contributed by atoms with Crippen molar-refractivity contribution in [3.8, 4) is 0 Å². The average molecular weight is 369 g/mol. The lowest BCUT2D eigenvalue weighted by atomic mass is 10.1. The molecule has 24 heavy (non-hydrogen) atoms. The Balaban J connectivity index is 1.66. The lowest BCUT2D eigenvalue weighted by Crippen LogP contribution is -2.39. The number of aromatic nitrogens is 2. The van der Waals surface area contributed by atoms with Crippen LogP contribution in [0, 0.1) is 6.92 Å². The number of hydrogen-bond acceptors (Lipinski definition) is 5. The first-order chi connectivity index (χ1) is 11.5. The van der Waals surface area contributed by atoms with Crippen LogP contribution >= 0.6 is 11.3 Å². The van der Waals surface area contributed by atoms with E-state index in [-0.39, 0.29) is 11.8 Å². The van der Waals surface area contributed by atoms with Crippen LogP contribution in [0.5, 0.6) is 0 Å². The molecule has 1 aliphatic heterocycles. The van der Waals surface area contributed by atoms with Gasteiger partial charge in [0.2, 0.25) is 10.0 Å². The molecule has 132 valence electrons. The van der Waals surface area contributed by atoms with E-state index in [2.05, 4.69) is 43.8 Å². The molecule has 0 aliphatic carbocycles. The summed E-state index contributed by atoms with van der Waals surface area (Å²) in [5.74, 6) is 0.120. The number of nitrogens with zero attached hydrogens (tertiary/aromatic N) is 3. The highest BCUT2D eigenvalue weighted by Crippen LogP contribution is 2.26. The number of hydrogen-bond donors (Lipinski definition) is 1. The molecule has 1 unspecified atom stereocenters. The van der Waals surface area contributed by atoms with Gasteiger partial charge in [0.05, 0.1) is 17.5 Å². The van der Waals surface area contributed by atoms with Crippen molar-refractivity contribution in [1.82, 2.24) is 19.4 Å². The van der Waals surface area contributed by atoms with Crippen molar-refractivity contribution in [2.75, 3.05) is 18.8 Å². The maximum Gasteiger partial charge on any atom is 0.211 e.